The number of rotatable bonds is 9. The van der Waals surface area contributed by atoms with Gasteiger partial charge < -0.3 is 0 Å². The van der Waals surface area contributed by atoms with Crippen molar-refractivity contribution in [3.05, 3.63) is 0 Å². The van der Waals surface area contributed by atoms with Gasteiger partial charge in [-0.15, -0.1) is 0 Å². The fourth-order valence-electron chi connectivity index (χ4n) is 1.97. The zero-order chi connectivity index (χ0) is 13.6. The summed E-state index contributed by atoms with van der Waals surface area (Å²) in [4.78, 5) is 0. The standard InChI is InChI=1S/C15H28N2S/c1-5-15(11-16,17-14-7-8-14)9-6-10-18-13(4)12(2)3/h12-14,17H,5-10H2,1-4H3. The van der Waals surface area contributed by atoms with Crippen molar-refractivity contribution in [2.24, 2.45) is 5.92 Å². The second-order valence-corrected chi connectivity index (χ2v) is 7.37. The summed E-state index contributed by atoms with van der Waals surface area (Å²) in [6, 6.07) is 3.14. The van der Waals surface area contributed by atoms with E-state index < -0.39 is 0 Å². The highest BCUT2D eigenvalue weighted by Crippen LogP contribution is 2.28. The van der Waals surface area contributed by atoms with Crippen molar-refractivity contribution in [2.75, 3.05) is 5.75 Å². The Morgan fingerprint density at radius 2 is 2.06 bits per heavy atom. The largest absolute Gasteiger partial charge is 0.297 e. The van der Waals surface area contributed by atoms with Crippen LogP contribution in [0.1, 0.15) is 59.8 Å². The lowest BCUT2D eigenvalue weighted by atomic mass is 9.92. The number of hydrogen-bond donors (Lipinski definition) is 1. The normalized spacial score (nSPS) is 20.4. The fraction of sp³-hybridized carbons (Fsp3) is 0.933. The van der Waals surface area contributed by atoms with Gasteiger partial charge in [-0.3, -0.25) is 5.32 Å². The molecule has 0 radical (unpaired) electrons. The summed E-state index contributed by atoms with van der Waals surface area (Å²) in [6.07, 6.45) is 5.56. The van der Waals surface area contributed by atoms with Gasteiger partial charge in [-0.1, -0.05) is 27.7 Å². The summed E-state index contributed by atoms with van der Waals surface area (Å²) in [6.45, 7) is 8.98. The van der Waals surface area contributed by atoms with Crippen molar-refractivity contribution in [3.8, 4) is 6.07 Å². The molecule has 3 heteroatoms. The van der Waals surface area contributed by atoms with Gasteiger partial charge in [-0.25, -0.2) is 0 Å². The molecule has 1 aliphatic carbocycles. The smallest absolute Gasteiger partial charge is 0.106 e. The third kappa shape index (κ3) is 5.20. The molecule has 104 valence electrons. The minimum absolute atomic E-state index is 0.261. The molecule has 1 rings (SSSR count). The van der Waals surface area contributed by atoms with Gasteiger partial charge in [0.05, 0.1) is 6.07 Å². The predicted octanol–water partition coefficient (Wildman–Crippen LogP) is 3.97. The average molecular weight is 268 g/mol. The van der Waals surface area contributed by atoms with Gasteiger partial charge in [-0.2, -0.15) is 17.0 Å². The summed E-state index contributed by atoms with van der Waals surface area (Å²) < 4.78 is 0. The van der Waals surface area contributed by atoms with Crippen molar-refractivity contribution in [1.82, 2.24) is 5.32 Å². The van der Waals surface area contributed by atoms with E-state index in [4.69, 9.17) is 0 Å². The van der Waals surface area contributed by atoms with Gasteiger partial charge in [-0.05, 0) is 43.8 Å². The highest BCUT2D eigenvalue weighted by molar-refractivity contribution is 7.99. The van der Waals surface area contributed by atoms with Crippen molar-refractivity contribution < 1.29 is 0 Å². The first-order chi connectivity index (χ1) is 8.53. The van der Waals surface area contributed by atoms with Crippen LogP contribution in [0.3, 0.4) is 0 Å². The van der Waals surface area contributed by atoms with E-state index in [0.717, 1.165) is 30.4 Å². The molecular weight excluding hydrogens is 240 g/mol. The average Bonchev–Trinajstić information content (AvgIpc) is 3.16. The molecule has 0 aliphatic heterocycles. The molecule has 1 saturated carbocycles. The van der Waals surface area contributed by atoms with E-state index in [0.29, 0.717) is 6.04 Å². The molecule has 0 amide bonds. The number of nitriles is 1. The lowest BCUT2D eigenvalue weighted by molar-refractivity contribution is 0.367. The van der Waals surface area contributed by atoms with Crippen LogP contribution < -0.4 is 5.32 Å². The van der Waals surface area contributed by atoms with Crippen LogP contribution in [0.15, 0.2) is 0 Å². The molecule has 0 saturated heterocycles. The molecule has 0 aromatic rings. The third-order valence-corrected chi connectivity index (χ3v) is 5.54. The summed E-state index contributed by atoms with van der Waals surface area (Å²) in [5, 5.41) is 13.7. The van der Waals surface area contributed by atoms with Crippen molar-refractivity contribution in [1.29, 1.82) is 5.26 Å². The van der Waals surface area contributed by atoms with Crippen molar-refractivity contribution >= 4 is 11.8 Å². The second-order valence-electron chi connectivity index (χ2n) is 5.89. The minimum atomic E-state index is -0.261. The minimum Gasteiger partial charge on any atom is -0.297 e. The molecule has 0 bridgehead atoms. The van der Waals surface area contributed by atoms with E-state index in [2.05, 4.69) is 39.1 Å². The fourth-order valence-corrected chi connectivity index (χ4v) is 3.04. The van der Waals surface area contributed by atoms with Gasteiger partial charge in [0.25, 0.3) is 0 Å². The maximum Gasteiger partial charge on any atom is 0.106 e. The monoisotopic (exact) mass is 268 g/mol. The molecular formula is C15H28N2S. The second kappa shape index (κ2) is 7.40. The van der Waals surface area contributed by atoms with Gasteiger partial charge in [0, 0.05) is 11.3 Å². The van der Waals surface area contributed by atoms with Crippen LogP contribution in [0.25, 0.3) is 0 Å². The Labute approximate surface area is 117 Å². The Morgan fingerprint density at radius 1 is 1.39 bits per heavy atom. The Bertz CT molecular complexity index is 281. The van der Waals surface area contributed by atoms with Crippen LogP contribution in [0.2, 0.25) is 0 Å². The first-order valence-corrected chi connectivity index (χ1v) is 8.38. The molecule has 2 unspecified atom stereocenters. The zero-order valence-corrected chi connectivity index (χ0v) is 13.1. The molecule has 1 fully saturated rings. The molecule has 1 N–H and O–H groups in total. The maximum atomic E-state index is 9.43. The molecule has 0 spiro atoms. The lowest BCUT2D eigenvalue weighted by Crippen LogP contribution is -2.44. The number of thioether (sulfide) groups is 1. The van der Waals surface area contributed by atoms with Crippen molar-refractivity contribution in [3.63, 3.8) is 0 Å². The highest BCUT2D eigenvalue weighted by Gasteiger charge is 2.34. The quantitative estimate of drug-likeness (QED) is 0.643. The first-order valence-electron chi connectivity index (χ1n) is 7.33. The van der Waals surface area contributed by atoms with E-state index in [1.54, 1.807) is 0 Å². The molecule has 0 aromatic carbocycles. The van der Waals surface area contributed by atoms with Crippen LogP contribution in [-0.4, -0.2) is 22.6 Å². The summed E-state index contributed by atoms with van der Waals surface area (Å²) in [7, 11) is 0. The van der Waals surface area contributed by atoms with Crippen LogP contribution in [0.4, 0.5) is 0 Å². The summed E-state index contributed by atoms with van der Waals surface area (Å²) in [5.74, 6) is 1.92. The van der Waals surface area contributed by atoms with E-state index in [1.807, 2.05) is 11.8 Å². The first kappa shape index (κ1) is 15.9. The van der Waals surface area contributed by atoms with E-state index >= 15 is 0 Å². The number of nitrogens with zero attached hydrogens (tertiary/aromatic N) is 1. The molecule has 2 atom stereocenters. The molecule has 0 aromatic heterocycles. The highest BCUT2D eigenvalue weighted by atomic mass is 32.2. The van der Waals surface area contributed by atoms with Crippen LogP contribution in [0, 0.1) is 17.2 Å². The maximum absolute atomic E-state index is 9.43. The van der Waals surface area contributed by atoms with Gasteiger partial charge in [0.1, 0.15) is 5.54 Å². The van der Waals surface area contributed by atoms with Crippen LogP contribution >= 0.6 is 11.8 Å². The van der Waals surface area contributed by atoms with Crippen LogP contribution in [0.5, 0.6) is 0 Å². The Hall–Kier alpha value is -0.200. The molecule has 2 nitrogen and oxygen atoms in total. The topological polar surface area (TPSA) is 35.8 Å². The van der Waals surface area contributed by atoms with Crippen molar-refractivity contribution in [2.45, 2.75) is 76.6 Å². The van der Waals surface area contributed by atoms with E-state index in [1.165, 1.54) is 18.6 Å². The summed E-state index contributed by atoms with van der Waals surface area (Å²) in [5.41, 5.74) is -0.261. The Balaban J connectivity index is 2.27. The predicted molar refractivity (Wildman–Crippen MR) is 80.8 cm³/mol. The number of hydrogen-bond acceptors (Lipinski definition) is 3. The number of nitrogens with one attached hydrogen (secondary N) is 1. The summed E-state index contributed by atoms with van der Waals surface area (Å²) >= 11 is 2.04. The Kier molecular flexibility index (Phi) is 6.52. The van der Waals surface area contributed by atoms with Gasteiger partial charge in [0.15, 0.2) is 0 Å². The molecule has 18 heavy (non-hydrogen) atoms. The van der Waals surface area contributed by atoms with Gasteiger partial charge >= 0.3 is 0 Å². The SMILES string of the molecule is CCC(C#N)(CCCSC(C)C(C)C)NC1CC1. The van der Waals surface area contributed by atoms with Gasteiger partial charge in [0.2, 0.25) is 0 Å². The van der Waals surface area contributed by atoms with E-state index in [-0.39, 0.29) is 5.54 Å². The molecule has 1 aliphatic rings. The third-order valence-electron chi connectivity index (χ3n) is 3.94. The Morgan fingerprint density at radius 3 is 2.50 bits per heavy atom. The zero-order valence-electron chi connectivity index (χ0n) is 12.3. The van der Waals surface area contributed by atoms with E-state index in [9.17, 15) is 5.26 Å². The molecule has 0 heterocycles. The van der Waals surface area contributed by atoms with Crippen LogP contribution in [-0.2, 0) is 0 Å². The lowest BCUT2D eigenvalue weighted by Gasteiger charge is -2.27.